The topological polar surface area (TPSA) is 56.9 Å². The Hall–Kier alpha value is -1.81. The fourth-order valence-corrected chi connectivity index (χ4v) is 1.40. The molecule has 77 valence electrons. The summed E-state index contributed by atoms with van der Waals surface area (Å²) in [5.41, 5.74) is 6.69. The number of benzene rings is 1. The highest BCUT2D eigenvalue weighted by Gasteiger charge is 2.07. The second-order valence-electron chi connectivity index (χ2n) is 3.16. The molecule has 0 aliphatic rings. The van der Waals surface area contributed by atoms with E-state index < -0.39 is 0 Å². The number of carbonyl (C=O) groups excluding carboxylic acids is 1. The first-order valence-electron chi connectivity index (χ1n) is 4.72. The molecule has 2 rings (SSSR count). The smallest absolute Gasteiger partial charge is 0.281 e. The predicted octanol–water partition coefficient (Wildman–Crippen LogP) is 1.58. The van der Waals surface area contributed by atoms with E-state index >= 15 is 0 Å². The van der Waals surface area contributed by atoms with Gasteiger partial charge in [-0.15, -0.1) is 0 Å². The summed E-state index contributed by atoms with van der Waals surface area (Å²) in [6, 6.07) is 9.59. The lowest BCUT2D eigenvalue weighted by molar-refractivity contribution is 0.0934. The highest BCUT2D eigenvalue weighted by molar-refractivity contribution is 5.97. The summed E-state index contributed by atoms with van der Waals surface area (Å²) in [5, 5.41) is 1.03. The summed E-state index contributed by atoms with van der Waals surface area (Å²) in [6.07, 6.45) is 0. The molecule has 1 aromatic carbocycles. The van der Waals surface area contributed by atoms with Crippen LogP contribution in [0.15, 0.2) is 30.3 Å². The summed E-state index contributed by atoms with van der Waals surface area (Å²) in [4.78, 5) is 14.6. The van der Waals surface area contributed by atoms with E-state index in [-0.39, 0.29) is 5.91 Å². The average molecular weight is 202 g/mol. The number of carbonyl (C=O) groups is 1. The third kappa shape index (κ3) is 1.99. The molecule has 1 amide bonds. The molecular weight excluding hydrogens is 190 g/mol. The molecule has 2 aromatic rings. The molecule has 0 atom stereocenters. The van der Waals surface area contributed by atoms with Crippen LogP contribution in [0, 0.1) is 6.54 Å². The molecule has 1 aromatic heterocycles. The Kier molecular flexibility index (Phi) is 2.69. The van der Waals surface area contributed by atoms with Crippen LogP contribution in [0.1, 0.15) is 17.4 Å². The molecule has 0 saturated carbocycles. The van der Waals surface area contributed by atoms with Gasteiger partial charge >= 0.3 is 0 Å². The third-order valence-electron chi connectivity index (χ3n) is 2.10. The second kappa shape index (κ2) is 4.14. The van der Waals surface area contributed by atoms with Gasteiger partial charge in [0.05, 0.1) is 0 Å². The maximum atomic E-state index is 11.5. The summed E-state index contributed by atoms with van der Waals surface area (Å²) < 4.78 is 0. The quantitative estimate of drug-likeness (QED) is 0.662. The van der Waals surface area contributed by atoms with Crippen molar-refractivity contribution in [2.24, 2.45) is 0 Å². The van der Waals surface area contributed by atoms with Crippen molar-refractivity contribution >= 4 is 16.8 Å². The molecule has 15 heavy (non-hydrogen) atoms. The number of nitrogens with one attached hydrogen (secondary N) is 3. The average Bonchev–Trinajstić information content (AvgIpc) is 2.69. The minimum Gasteiger partial charge on any atom is -0.350 e. The number of aromatic nitrogens is 1. The Bertz CT molecular complexity index is 442. The highest BCUT2D eigenvalue weighted by Crippen LogP contribution is 2.14. The monoisotopic (exact) mass is 202 g/mol. The van der Waals surface area contributed by atoms with Crippen LogP contribution in [0.4, 0.5) is 0 Å². The van der Waals surface area contributed by atoms with Crippen molar-refractivity contribution < 1.29 is 4.79 Å². The third-order valence-corrected chi connectivity index (χ3v) is 2.10. The van der Waals surface area contributed by atoms with Crippen LogP contribution in [0.2, 0.25) is 0 Å². The van der Waals surface area contributed by atoms with Gasteiger partial charge in [0, 0.05) is 17.4 Å². The Balaban J connectivity index is 2.25. The van der Waals surface area contributed by atoms with Crippen molar-refractivity contribution in [1.29, 1.82) is 0 Å². The standard InChI is InChI=1S/C11H12N3O/c1-2-12-14-11(15)10-7-8-5-3-4-6-9(8)13-10/h2-7,12-13H,1H3,(H,14,15). The molecule has 0 unspecified atom stereocenters. The van der Waals surface area contributed by atoms with Gasteiger partial charge in [0.15, 0.2) is 0 Å². The Morgan fingerprint density at radius 3 is 2.93 bits per heavy atom. The van der Waals surface area contributed by atoms with Gasteiger partial charge in [0.2, 0.25) is 0 Å². The van der Waals surface area contributed by atoms with Crippen molar-refractivity contribution in [2.75, 3.05) is 0 Å². The summed E-state index contributed by atoms with van der Waals surface area (Å²) >= 11 is 0. The molecule has 3 N–H and O–H groups in total. The molecular formula is C11H12N3O. The van der Waals surface area contributed by atoms with Crippen LogP contribution >= 0.6 is 0 Å². The van der Waals surface area contributed by atoms with Crippen LogP contribution in [-0.2, 0) is 0 Å². The van der Waals surface area contributed by atoms with E-state index in [0.717, 1.165) is 10.9 Å². The molecule has 0 aliphatic carbocycles. The maximum absolute atomic E-state index is 11.5. The number of amides is 1. The normalized spacial score (nSPS) is 10.5. The maximum Gasteiger partial charge on any atom is 0.281 e. The van der Waals surface area contributed by atoms with Crippen LogP contribution in [0.25, 0.3) is 10.9 Å². The number of aromatic amines is 1. The molecule has 4 heteroatoms. The summed E-state index contributed by atoms with van der Waals surface area (Å²) in [5.74, 6) is -0.177. The van der Waals surface area contributed by atoms with Crippen LogP contribution in [-0.4, -0.2) is 10.9 Å². The molecule has 0 spiro atoms. The van der Waals surface area contributed by atoms with Gasteiger partial charge in [-0.05, 0) is 19.1 Å². The molecule has 1 radical (unpaired) electrons. The van der Waals surface area contributed by atoms with E-state index in [1.54, 1.807) is 13.5 Å². The zero-order chi connectivity index (χ0) is 10.7. The van der Waals surface area contributed by atoms with E-state index in [1.165, 1.54) is 0 Å². The van der Waals surface area contributed by atoms with E-state index in [0.29, 0.717) is 5.69 Å². The van der Waals surface area contributed by atoms with Crippen molar-refractivity contribution in [3.05, 3.63) is 42.6 Å². The van der Waals surface area contributed by atoms with Crippen LogP contribution in [0.5, 0.6) is 0 Å². The lowest BCUT2D eigenvalue weighted by Gasteiger charge is -2.01. The Labute approximate surface area is 87.6 Å². The van der Waals surface area contributed by atoms with Gasteiger partial charge < -0.3 is 4.98 Å². The number of rotatable bonds is 3. The van der Waals surface area contributed by atoms with E-state index in [1.807, 2.05) is 30.3 Å². The lowest BCUT2D eigenvalue weighted by Crippen LogP contribution is -2.34. The van der Waals surface area contributed by atoms with Crippen molar-refractivity contribution in [2.45, 2.75) is 6.92 Å². The zero-order valence-corrected chi connectivity index (χ0v) is 8.37. The predicted molar refractivity (Wildman–Crippen MR) is 58.9 cm³/mol. The van der Waals surface area contributed by atoms with E-state index in [9.17, 15) is 4.79 Å². The molecule has 1 heterocycles. The van der Waals surface area contributed by atoms with Gasteiger partial charge in [-0.25, -0.2) is 5.43 Å². The summed E-state index contributed by atoms with van der Waals surface area (Å²) in [7, 11) is 0. The largest absolute Gasteiger partial charge is 0.350 e. The van der Waals surface area contributed by atoms with Crippen molar-refractivity contribution in [3.8, 4) is 0 Å². The number of para-hydroxylation sites is 1. The van der Waals surface area contributed by atoms with Gasteiger partial charge in [-0.1, -0.05) is 18.2 Å². The minimum absolute atomic E-state index is 0.177. The van der Waals surface area contributed by atoms with Crippen LogP contribution in [0.3, 0.4) is 0 Å². The number of hydrazine groups is 1. The first-order valence-corrected chi connectivity index (χ1v) is 4.72. The summed E-state index contributed by atoms with van der Waals surface area (Å²) in [6.45, 7) is 3.45. The fraction of sp³-hybridized carbons (Fsp3) is 0.0909. The van der Waals surface area contributed by atoms with Crippen molar-refractivity contribution in [3.63, 3.8) is 0 Å². The molecule has 0 aliphatic heterocycles. The lowest BCUT2D eigenvalue weighted by atomic mass is 10.2. The first-order chi connectivity index (χ1) is 7.31. The number of H-pyrrole nitrogens is 1. The van der Waals surface area contributed by atoms with Gasteiger partial charge in [-0.2, -0.15) is 0 Å². The molecule has 0 saturated heterocycles. The minimum atomic E-state index is -0.177. The number of hydrogen-bond donors (Lipinski definition) is 3. The highest BCUT2D eigenvalue weighted by atomic mass is 16.2. The van der Waals surface area contributed by atoms with Gasteiger partial charge in [-0.3, -0.25) is 10.2 Å². The molecule has 4 nitrogen and oxygen atoms in total. The van der Waals surface area contributed by atoms with E-state index in [4.69, 9.17) is 0 Å². The van der Waals surface area contributed by atoms with Crippen LogP contribution < -0.4 is 10.9 Å². The molecule has 0 fully saturated rings. The first kappa shape index (κ1) is 9.73. The molecule has 0 bridgehead atoms. The number of fused-ring (bicyclic) bond motifs is 1. The SMILES string of the molecule is C[CH]NNC(=O)c1cc2ccccc2[nH]1. The van der Waals surface area contributed by atoms with Gasteiger partial charge in [0.1, 0.15) is 5.69 Å². The second-order valence-corrected chi connectivity index (χ2v) is 3.16. The Morgan fingerprint density at radius 2 is 2.20 bits per heavy atom. The zero-order valence-electron chi connectivity index (χ0n) is 8.37. The Morgan fingerprint density at radius 1 is 1.40 bits per heavy atom. The van der Waals surface area contributed by atoms with Gasteiger partial charge in [0.25, 0.3) is 5.91 Å². The fourth-order valence-electron chi connectivity index (χ4n) is 1.40. The van der Waals surface area contributed by atoms with Crippen molar-refractivity contribution in [1.82, 2.24) is 15.8 Å². The van der Waals surface area contributed by atoms with E-state index in [2.05, 4.69) is 15.8 Å². The number of hydrogen-bond acceptors (Lipinski definition) is 2.